The second kappa shape index (κ2) is 6.78. The van der Waals surface area contributed by atoms with Crippen LogP contribution in [0.4, 0.5) is 4.39 Å². The van der Waals surface area contributed by atoms with Crippen LogP contribution in [-0.2, 0) is 13.1 Å². The number of aliphatic hydroxyl groups is 1. The lowest BCUT2D eigenvalue weighted by atomic mass is 9.83. The van der Waals surface area contributed by atoms with Crippen LogP contribution < -0.4 is 5.32 Å². The fourth-order valence-corrected chi connectivity index (χ4v) is 3.24. The van der Waals surface area contributed by atoms with E-state index in [0.717, 1.165) is 11.1 Å². The molecular formula is C18H20FN5O. The molecule has 2 heterocycles. The lowest BCUT2D eigenvalue weighted by Gasteiger charge is -2.42. The predicted molar refractivity (Wildman–Crippen MR) is 90.2 cm³/mol. The van der Waals surface area contributed by atoms with Gasteiger partial charge in [-0.05, 0) is 30.2 Å². The molecule has 1 fully saturated rings. The largest absolute Gasteiger partial charge is 0.391 e. The van der Waals surface area contributed by atoms with E-state index in [1.807, 2.05) is 34.0 Å². The number of hydrogen-bond acceptors (Lipinski definition) is 4. The van der Waals surface area contributed by atoms with Gasteiger partial charge >= 0.3 is 0 Å². The fourth-order valence-electron chi connectivity index (χ4n) is 3.24. The Bertz CT molecular complexity index is 814. The van der Waals surface area contributed by atoms with Crippen LogP contribution in [0.25, 0.3) is 0 Å². The van der Waals surface area contributed by atoms with Gasteiger partial charge in [0.25, 0.3) is 0 Å². The van der Waals surface area contributed by atoms with E-state index in [1.165, 1.54) is 12.1 Å². The Labute approximate surface area is 144 Å². The highest BCUT2D eigenvalue weighted by molar-refractivity contribution is 5.17. The minimum Gasteiger partial charge on any atom is -0.391 e. The Morgan fingerprint density at radius 1 is 1.20 bits per heavy atom. The number of nitrogens with one attached hydrogen (secondary N) is 1. The lowest BCUT2D eigenvalue weighted by Crippen LogP contribution is -2.54. The summed E-state index contributed by atoms with van der Waals surface area (Å²) in [5.74, 6) is -0.233. The van der Waals surface area contributed by atoms with Gasteiger partial charge < -0.3 is 10.4 Å². The van der Waals surface area contributed by atoms with Crippen LogP contribution in [0.15, 0.2) is 55.1 Å². The van der Waals surface area contributed by atoms with E-state index in [9.17, 15) is 9.50 Å². The SMILES string of the molecule is O[C@@H]1C[C@H](NCc2cnn(Cc3ccc(F)cc3)c2)[C@H]1n1cccn1. The van der Waals surface area contributed by atoms with Gasteiger partial charge in [0.1, 0.15) is 5.82 Å². The van der Waals surface area contributed by atoms with Crippen molar-refractivity contribution in [3.8, 4) is 0 Å². The van der Waals surface area contributed by atoms with Gasteiger partial charge in [0.05, 0.1) is 24.9 Å². The first-order valence-corrected chi connectivity index (χ1v) is 8.35. The molecule has 1 saturated carbocycles. The van der Waals surface area contributed by atoms with Crippen molar-refractivity contribution in [1.82, 2.24) is 24.9 Å². The van der Waals surface area contributed by atoms with Crippen LogP contribution in [-0.4, -0.2) is 36.8 Å². The summed E-state index contributed by atoms with van der Waals surface area (Å²) < 4.78 is 16.6. The minimum absolute atomic E-state index is 0.0238. The Hall–Kier alpha value is -2.51. The second-order valence-electron chi connectivity index (χ2n) is 6.44. The van der Waals surface area contributed by atoms with Gasteiger partial charge in [-0.2, -0.15) is 10.2 Å². The van der Waals surface area contributed by atoms with E-state index in [1.54, 1.807) is 18.3 Å². The molecule has 25 heavy (non-hydrogen) atoms. The Morgan fingerprint density at radius 3 is 2.76 bits per heavy atom. The van der Waals surface area contributed by atoms with Crippen molar-refractivity contribution in [3.05, 3.63) is 72.1 Å². The highest BCUT2D eigenvalue weighted by atomic mass is 19.1. The van der Waals surface area contributed by atoms with Gasteiger partial charge in [-0.15, -0.1) is 0 Å². The van der Waals surface area contributed by atoms with Crippen molar-refractivity contribution in [2.45, 2.75) is 37.7 Å². The standard InChI is InChI=1S/C18H20FN5O/c19-15-4-2-13(3-5-15)11-23-12-14(10-22-23)9-20-16-8-17(25)18(16)24-7-1-6-21-24/h1-7,10,12,16-18,20,25H,8-9,11H2/t16-,17+,18+/m0/s1. The molecule has 0 amide bonds. The number of nitrogens with zero attached hydrogens (tertiary/aromatic N) is 4. The fraction of sp³-hybridized carbons (Fsp3) is 0.333. The van der Waals surface area contributed by atoms with Gasteiger partial charge in [-0.1, -0.05) is 12.1 Å². The third kappa shape index (κ3) is 3.47. The molecule has 0 unspecified atom stereocenters. The molecule has 2 N–H and O–H groups in total. The van der Waals surface area contributed by atoms with Gasteiger partial charge in [-0.3, -0.25) is 9.36 Å². The van der Waals surface area contributed by atoms with Crippen molar-refractivity contribution >= 4 is 0 Å². The molecular weight excluding hydrogens is 321 g/mol. The summed E-state index contributed by atoms with van der Waals surface area (Å²) in [6, 6.07) is 8.47. The van der Waals surface area contributed by atoms with E-state index >= 15 is 0 Å². The van der Waals surface area contributed by atoms with E-state index in [4.69, 9.17) is 0 Å². The quantitative estimate of drug-likeness (QED) is 0.717. The van der Waals surface area contributed by atoms with Gasteiger partial charge in [0, 0.05) is 36.7 Å². The van der Waals surface area contributed by atoms with Crippen molar-refractivity contribution in [2.24, 2.45) is 0 Å². The topological polar surface area (TPSA) is 67.9 Å². The predicted octanol–water partition coefficient (Wildman–Crippen LogP) is 1.73. The Morgan fingerprint density at radius 2 is 2.04 bits per heavy atom. The number of rotatable bonds is 6. The van der Waals surface area contributed by atoms with Crippen molar-refractivity contribution in [2.75, 3.05) is 0 Å². The van der Waals surface area contributed by atoms with Crippen LogP contribution >= 0.6 is 0 Å². The second-order valence-corrected chi connectivity index (χ2v) is 6.44. The maximum Gasteiger partial charge on any atom is 0.123 e. The molecule has 0 aliphatic heterocycles. The third-order valence-corrected chi connectivity index (χ3v) is 4.65. The van der Waals surface area contributed by atoms with E-state index in [0.29, 0.717) is 19.5 Å². The number of hydrogen-bond donors (Lipinski definition) is 2. The lowest BCUT2D eigenvalue weighted by molar-refractivity contribution is -0.00822. The maximum atomic E-state index is 13.0. The van der Waals surface area contributed by atoms with Crippen LogP contribution in [0, 0.1) is 5.82 Å². The molecule has 0 spiro atoms. The molecule has 0 saturated heterocycles. The first-order chi connectivity index (χ1) is 12.2. The number of halogens is 1. The zero-order valence-corrected chi connectivity index (χ0v) is 13.7. The molecule has 3 aromatic rings. The maximum absolute atomic E-state index is 13.0. The zero-order valence-electron chi connectivity index (χ0n) is 13.7. The number of aromatic nitrogens is 4. The summed E-state index contributed by atoms with van der Waals surface area (Å²) in [4.78, 5) is 0. The Kier molecular flexibility index (Phi) is 4.33. The van der Waals surface area contributed by atoms with Crippen molar-refractivity contribution in [1.29, 1.82) is 0 Å². The van der Waals surface area contributed by atoms with Crippen LogP contribution in [0.2, 0.25) is 0 Å². The Balaban J connectivity index is 1.33. The van der Waals surface area contributed by atoms with Gasteiger partial charge in [-0.25, -0.2) is 4.39 Å². The molecule has 1 aliphatic carbocycles. The average molecular weight is 341 g/mol. The van der Waals surface area contributed by atoms with Crippen LogP contribution in [0.3, 0.4) is 0 Å². The molecule has 130 valence electrons. The summed E-state index contributed by atoms with van der Waals surface area (Å²) >= 11 is 0. The first-order valence-electron chi connectivity index (χ1n) is 8.35. The minimum atomic E-state index is -0.362. The highest BCUT2D eigenvalue weighted by Gasteiger charge is 2.41. The summed E-state index contributed by atoms with van der Waals surface area (Å²) in [7, 11) is 0. The summed E-state index contributed by atoms with van der Waals surface area (Å²) in [5, 5.41) is 22.0. The normalized spacial score (nSPS) is 22.7. The molecule has 1 aliphatic rings. The van der Waals surface area contributed by atoms with E-state index in [2.05, 4.69) is 15.5 Å². The highest BCUT2D eigenvalue weighted by Crippen LogP contribution is 2.32. The monoisotopic (exact) mass is 341 g/mol. The zero-order chi connectivity index (χ0) is 17.2. The third-order valence-electron chi connectivity index (χ3n) is 4.65. The smallest absolute Gasteiger partial charge is 0.123 e. The van der Waals surface area contributed by atoms with Gasteiger partial charge in [0.2, 0.25) is 0 Å². The van der Waals surface area contributed by atoms with E-state index < -0.39 is 0 Å². The van der Waals surface area contributed by atoms with E-state index in [-0.39, 0.29) is 24.0 Å². The molecule has 6 nitrogen and oxygen atoms in total. The molecule has 7 heteroatoms. The molecule has 0 radical (unpaired) electrons. The molecule has 3 atom stereocenters. The number of aliphatic hydroxyl groups excluding tert-OH is 1. The van der Waals surface area contributed by atoms with Crippen molar-refractivity contribution < 1.29 is 9.50 Å². The van der Waals surface area contributed by atoms with Gasteiger partial charge in [0.15, 0.2) is 0 Å². The molecule has 4 rings (SSSR count). The average Bonchev–Trinajstić information content (AvgIpc) is 3.25. The summed E-state index contributed by atoms with van der Waals surface area (Å²) in [5.41, 5.74) is 2.08. The van der Waals surface area contributed by atoms with Crippen molar-refractivity contribution in [3.63, 3.8) is 0 Å². The molecule has 1 aromatic carbocycles. The first kappa shape index (κ1) is 16.0. The molecule has 2 aromatic heterocycles. The summed E-state index contributed by atoms with van der Waals surface area (Å²) in [6.07, 6.45) is 7.76. The number of benzene rings is 1. The summed E-state index contributed by atoms with van der Waals surface area (Å²) in [6.45, 7) is 1.29. The van der Waals surface area contributed by atoms with Crippen LogP contribution in [0.1, 0.15) is 23.6 Å². The molecule has 0 bridgehead atoms. The van der Waals surface area contributed by atoms with Crippen LogP contribution in [0.5, 0.6) is 0 Å².